The van der Waals surface area contributed by atoms with Crippen LogP contribution in [0.1, 0.15) is 5.56 Å². The van der Waals surface area contributed by atoms with Gasteiger partial charge in [0.15, 0.2) is 0 Å². The van der Waals surface area contributed by atoms with E-state index in [1.165, 1.54) is 5.56 Å². The number of nitrogens with zero attached hydrogens (tertiary/aromatic N) is 1. The molecule has 1 aliphatic heterocycles. The van der Waals surface area contributed by atoms with Crippen LogP contribution in [0.3, 0.4) is 0 Å². The summed E-state index contributed by atoms with van der Waals surface area (Å²) in [5.41, 5.74) is 2.12. The Balaban J connectivity index is 2.36. The Kier molecular flexibility index (Phi) is 1.79. The van der Waals surface area contributed by atoms with Gasteiger partial charge in [-0.2, -0.15) is 0 Å². The minimum atomic E-state index is -1.37. The fraction of sp³-hybridized carbons (Fsp3) is 0.250. The van der Waals surface area contributed by atoms with Crippen LogP contribution in [0.4, 0.5) is 5.69 Å². The predicted molar refractivity (Wildman–Crippen MR) is 47.7 cm³/mol. The quantitative estimate of drug-likeness (QED) is 0.573. The zero-order valence-corrected chi connectivity index (χ0v) is 6.64. The van der Waals surface area contributed by atoms with Crippen molar-refractivity contribution in [3.63, 3.8) is 0 Å². The lowest BCUT2D eigenvalue weighted by Crippen LogP contribution is -2.38. The lowest BCUT2D eigenvalue weighted by molar-refractivity contribution is 0.402. The van der Waals surface area contributed by atoms with E-state index in [-0.39, 0.29) is 0 Å². The van der Waals surface area contributed by atoms with Crippen LogP contribution in [0, 0.1) is 0 Å². The van der Waals surface area contributed by atoms with E-state index in [0.29, 0.717) is 6.54 Å². The van der Waals surface area contributed by atoms with Crippen molar-refractivity contribution in [1.82, 2.24) is 0 Å². The van der Waals surface area contributed by atoms with Crippen LogP contribution in [-0.2, 0) is 6.42 Å². The van der Waals surface area contributed by atoms with Gasteiger partial charge in [-0.05, 0) is 18.1 Å². The van der Waals surface area contributed by atoms with Crippen molar-refractivity contribution in [2.75, 3.05) is 11.4 Å². The molecular formula is C8H10BNO2. The van der Waals surface area contributed by atoms with Crippen molar-refractivity contribution < 1.29 is 10.0 Å². The molecule has 2 rings (SSSR count). The van der Waals surface area contributed by atoms with Crippen LogP contribution in [0.15, 0.2) is 24.3 Å². The molecular weight excluding hydrogens is 153 g/mol. The lowest BCUT2D eigenvalue weighted by atomic mass is 10.1. The van der Waals surface area contributed by atoms with E-state index in [1.54, 1.807) is 4.81 Å². The van der Waals surface area contributed by atoms with Crippen molar-refractivity contribution >= 4 is 12.9 Å². The second-order valence-electron chi connectivity index (χ2n) is 2.92. The largest absolute Gasteiger partial charge is 0.587 e. The number of para-hydroxylation sites is 1. The van der Waals surface area contributed by atoms with Gasteiger partial charge in [-0.15, -0.1) is 0 Å². The zero-order valence-electron chi connectivity index (χ0n) is 6.64. The fourth-order valence-electron chi connectivity index (χ4n) is 1.60. The third kappa shape index (κ3) is 1.09. The highest BCUT2D eigenvalue weighted by atomic mass is 16.4. The molecule has 62 valence electrons. The van der Waals surface area contributed by atoms with Gasteiger partial charge in [-0.1, -0.05) is 18.2 Å². The maximum absolute atomic E-state index is 8.98. The number of benzene rings is 1. The van der Waals surface area contributed by atoms with E-state index in [0.717, 1.165) is 12.1 Å². The molecule has 1 aromatic rings. The van der Waals surface area contributed by atoms with Crippen LogP contribution < -0.4 is 4.81 Å². The van der Waals surface area contributed by atoms with Gasteiger partial charge in [0.1, 0.15) is 0 Å². The molecule has 2 N–H and O–H groups in total. The zero-order chi connectivity index (χ0) is 8.55. The monoisotopic (exact) mass is 163 g/mol. The van der Waals surface area contributed by atoms with E-state index in [9.17, 15) is 0 Å². The van der Waals surface area contributed by atoms with E-state index in [4.69, 9.17) is 10.0 Å². The molecule has 0 unspecified atom stereocenters. The molecule has 12 heavy (non-hydrogen) atoms. The van der Waals surface area contributed by atoms with Gasteiger partial charge in [0.05, 0.1) is 0 Å². The Bertz CT molecular complexity index is 290. The number of anilines is 1. The second kappa shape index (κ2) is 2.81. The van der Waals surface area contributed by atoms with Crippen molar-refractivity contribution in [2.45, 2.75) is 6.42 Å². The Morgan fingerprint density at radius 3 is 2.75 bits per heavy atom. The highest BCUT2D eigenvalue weighted by Gasteiger charge is 2.27. The molecule has 1 aromatic carbocycles. The first-order valence-corrected chi connectivity index (χ1v) is 4.00. The average molecular weight is 163 g/mol. The van der Waals surface area contributed by atoms with Gasteiger partial charge in [-0.3, -0.25) is 0 Å². The Labute approximate surface area is 71.4 Å². The number of rotatable bonds is 1. The molecule has 0 saturated carbocycles. The molecule has 3 nitrogen and oxygen atoms in total. The van der Waals surface area contributed by atoms with Crippen LogP contribution in [0.5, 0.6) is 0 Å². The molecule has 0 atom stereocenters. The van der Waals surface area contributed by atoms with Gasteiger partial charge in [0.2, 0.25) is 0 Å². The molecule has 0 fully saturated rings. The summed E-state index contributed by atoms with van der Waals surface area (Å²) in [5.74, 6) is 0. The summed E-state index contributed by atoms with van der Waals surface area (Å²) < 4.78 is 0. The average Bonchev–Trinajstić information content (AvgIpc) is 2.47. The van der Waals surface area contributed by atoms with Gasteiger partial charge >= 0.3 is 7.25 Å². The Morgan fingerprint density at radius 1 is 1.25 bits per heavy atom. The molecule has 0 amide bonds. The first-order valence-electron chi connectivity index (χ1n) is 4.00. The molecule has 0 aromatic heterocycles. The molecule has 1 heterocycles. The predicted octanol–water partition coefficient (Wildman–Crippen LogP) is 0.0186. The SMILES string of the molecule is OB(O)N1CCc2ccccc21. The smallest absolute Gasteiger partial charge is 0.408 e. The minimum Gasteiger partial charge on any atom is -0.408 e. The molecule has 1 aliphatic rings. The minimum absolute atomic E-state index is 0.691. The molecule has 0 bridgehead atoms. The van der Waals surface area contributed by atoms with Crippen LogP contribution in [-0.4, -0.2) is 23.8 Å². The fourth-order valence-corrected chi connectivity index (χ4v) is 1.60. The maximum atomic E-state index is 8.98. The first-order chi connectivity index (χ1) is 5.79. The molecule has 0 saturated heterocycles. The topological polar surface area (TPSA) is 43.7 Å². The van der Waals surface area contributed by atoms with Crippen LogP contribution >= 0.6 is 0 Å². The Hall–Kier alpha value is -0.995. The highest BCUT2D eigenvalue weighted by Crippen LogP contribution is 2.26. The summed E-state index contributed by atoms with van der Waals surface area (Å²) >= 11 is 0. The van der Waals surface area contributed by atoms with Gasteiger partial charge in [-0.25, -0.2) is 0 Å². The first kappa shape index (κ1) is 7.64. The second-order valence-corrected chi connectivity index (χ2v) is 2.92. The third-order valence-corrected chi connectivity index (χ3v) is 2.20. The standard InChI is InChI=1S/C8H10BNO2/c11-9(12)10-6-5-7-3-1-2-4-8(7)10/h1-4,11-12H,5-6H2. The summed E-state index contributed by atoms with van der Waals surface area (Å²) in [7, 11) is -1.37. The van der Waals surface area contributed by atoms with Crippen molar-refractivity contribution in [3.05, 3.63) is 29.8 Å². The lowest BCUT2D eigenvalue weighted by Gasteiger charge is -2.17. The maximum Gasteiger partial charge on any atom is 0.587 e. The van der Waals surface area contributed by atoms with Crippen molar-refractivity contribution in [2.24, 2.45) is 0 Å². The van der Waals surface area contributed by atoms with Gasteiger partial charge in [0.25, 0.3) is 0 Å². The molecule has 4 heteroatoms. The normalized spacial score (nSPS) is 14.7. The van der Waals surface area contributed by atoms with Crippen molar-refractivity contribution in [1.29, 1.82) is 0 Å². The summed E-state index contributed by atoms with van der Waals surface area (Å²) in [6.45, 7) is 0.691. The van der Waals surface area contributed by atoms with Crippen molar-refractivity contribution in [3.8, 4) is 0 Å². The number of hydrogen-bond donors (Lipinski definition) is 2. The van der Waals surface area contributed by atoms with E-state index in [1.807, 2.05) is 24.3 Å². The van der Waals surface area contributed by atoms with Gasteiger partial charge < -0.3 is 14.9 Å². The van der Waals surface area contributed by atoms with E-state index >= 15 is 0 Å². The summed E-state index contributed by atoms with van der Waals surface area (Å²) in [6, 6.07) is 7.78. The Morgan fingerprint density at radius 2 is 2.00 bits per heavy atom. The summed E-state index contributed by atoms with van der Waals surface area (Å²) in [5, 5.41) is 18.0. The molecule has 0 spiro atoms. The summed E-state index contributed by atoms with van der Waals surface area (Å²) in [4.78, 5) is 1.58. The molecule has 0 radical (unpaired) electrons. The summed E-state index contributed by atoms with van der Waals surface area (Å²) in [6.07, 6.45) is 0.897. The number of fused-ring (bicyclic) bond motifs is 1. The third-order valence-electron chi connectivity index (χ3n) is 2.20. The van der Waals surface area contributed by atoms with Crippen LogP contribution in [0.2, 0.25) is 0 Å². The highest BCUT2D eigenvalue weighted by molar-refractivity contribution is 6.47. The van der Waals surface area contributed by atoms with E-state index in [2.05, 4.69) is 0 Å². The van der Waals surface area contributed by atoms with E-state index < -0.39 is 7.25 Å². The van der Waals surface area contributed by atoms with Gasteiger partial charge in [0, 0.05) is 12.2 Å². The number of hydrogen-bond acceptors (Lipinski definition) is 3. The molecule has 0 aliphatic carbocycles. The van der Waals surface area contributed by atoms with Crippen LogP contribution in [0.25, 0.3) is 0 Å².